The molecule has 2 aromatic carbocycles. The number of nitrogens with one attached hydrogen (secondary N) is 1. The monoisotopic (exact) mass is 354 g/mol. The lowest BCUT2D eigenvalue weighted by molar-refractivity contribution is -0.385. The largest absolute Gasteiger partial charge is 0.487 e. The number of benzene rings is 2. The van der Waals surface area contributed by atoms with Gasteiger partial charge in [-0.3, -0.25) is 14.9 Å². The van der Waals surface area contributed by atoms with Crippen LogP contribution in [0.2, 0.25) is 0 Å². The summed E-state index contributed by atoms with van der Waals surface area (Å²) in [5.74, 6) is 0.533. The van der Waals surface area contributed by atoms with E-state index in [0.717, 1.165) is 16.9 Å². The molecule has 2 aromatic rings. The number of rotatable bonds is 4. The van der Waals surface area contributed by atoms with Crippen molar-refractivity contribution in [3.8, 4) is 5.75 Å². The molecule has 1 atom stereocenters. The highest BCUT2D eigenvalue weighted by molar-refractivity contribution is 5.80. The van der Waals surface area contributed by atoms with Crippen molar-refractivity contribution in [3.05, 3.63) is 69.3 Å². The summed E-state index contributed by atoms with van der Waals surface area (Å²) in [5, 5.41) is 14.2. The molecular weight excluding hydrogens is 332 g/mol. The Labute approximate surface area is 152 Å². The number of hydrogen-bond donors (Lipinski definition) is 1. The van der Waals surface area contributed by atoms with Crippen LogP contribution in [0.15, 0.2) is 42.5 Å². The van der Waals surface area contributed by atoms with E-state index in [1.54, 1.807) is 18.2 Å². The summed E-state index contributed by atoms with van der Waals surface area (Å²) in [6.45, 7) is 5.96. The minimum Gasteiger partial charge on any atom is -0.487 e. The summed E-state index contributed by atoms with van der Waals surface area (Å²) in [7, 11) is 0. The van der Waals surface area contributed by atoms with Gasteiger partial charge in [-0.25, -0.2) is 0 Å². The van der Waals surface area contributed by atoms with Crippen molar-refractivity contribution >= 4 is 11.6 Å². The molecule has 0 unspecified atom stereocenters. The summed E-state index contributed by atoms with van der Waals surface area (Å²) in [4.78, 5) is 23.2. The highest BCUT2D eigenvalue weighted by Crippen LogP contribution is 2.39. The predicted octanol–water partition coefficient (Wildman–Crippen LogP) is 3.86. The number of nitro groups is 1. The van der Waals surface area contributed by atoms with Crippen molar-refractivity contribution in [1.29, 1.82) is 0 Å². The van der Waals surface area contributed by atoms with Gasteiger partial charge in [-0.15, -0.1) is 0 Å². The molecule has 0 fully saturated rings. The number of carbonyl (C=O) groups is 1. The maximum atomic E-state index is 12.6. The number of fused-ring (bicyclic) bond motifs is 1. The van der Waals surface area contributed by atoms with Gasteiger partial charge in [0.15, 0.2) is 0 Å². The summed E-state index contributed by atoms with van der Waals surface area (Å²) in [6, 6.07) is 12.1. The van der Waals surface area contributed by atoms with Crippen LogP contribution in [0.3, 0.4) is 0 Å². The highest BCUT2D eigenvalue weighted by Gasteiger charge is 2.34. The van der Waals surface area contributed by atoms with Crippen molar-refractivity contribution in [1.82, 2.24) is 5.32 Å². The number of aryl methyl sites for hydroxylation is 1. The van der Waals surface area contributed by atoms with E-state index < -0.39 is 10.5 Å². The van der Waals surface area contributed by atoms with E-state index in [-0.39, 0.29) is 24.1 Å². The summed E-state index contributed by atoms with van der Waals surface area (Å²) >= 11 is 0. The molecule has 0 bridgehead atoms. The molecule has 0 aliphatic carbocycles. The fourth-order valence-electron chi connectivity index (χ4n) is 3.34. The van der Waals surface area contributed by atoms with Crippen LogP contribution in [0.25, 0.3) is 0 Å². The van der Waals surface area contributed by atoms with Gasteiger partial charge in [0.05, 0.1) is 17.4 Å². The van der Waals surface area contributed by atoms with Gasteiger partial charge in [-0.2, -0.15) is 0 Å². The van der Waals surface area contributed by atoms with Gasteiger partial charge in [-0.05, 0) is 32.4 Å². The van der Waals surface area contributed by atoms with E-state index in [1.807, 2.05) is 39.0 Å². The van der Waals surface area contributed by atoms with Gasteiger partial charge in [0.1, 0.15) is 11.4 Å². The lowest BCUT2D eigenvalue weighted by Crippen LogP contribution is -2.41. The molecule has 6 nitrogen and oxygen atoms in total. The van der Waals surface area contributed by atoms with E-state index in [2.05, 4.69) is 5.32 Å². The molecule has 6 heteroatoms. The minimum atomic E-state index is -0.460. The topological polar surface area (TPSA) is 81.5 Å². The zero-order valence-electron chi connectivity index (χ0n) is 15.1. The number of hydrogen-bond acceptors (Lipinski definition) is 4. The first-order valence-corrected chi connectivity index (χ1v) is 8.56. The maximum Gasteiger partial charge on any atom is 0.273 e. The summed E-state index contributed by atoms with van der Waals surface area (Å²) in [6.07, 6.45) is 0.599. The van der Waals surface area contributed by atoms with Gasteiger partial charge in [0.2, 0.25) is 5.91 Å². The standard InChI is InChI=1S/C20H22N2O4/c1-13-8-9-15-16(12-20(2,3)26-18(15)10-13)21-19(23)11-14-6-4-5-7-17(14)22(24)25/h4-10,16H,11-12H2,1-3H3,(H,21,23)/t16-/m1/s1. The fourth-order valence-corrected chi connectivity index (χ4v) is 3.34. The normalized spacial score (nSPS) is 17.7. The molecule has 0 saturated carbocycles. The number of para-hydroxylation sites is 1. The molecular formula is C20H22N2O4. The van der Waals surface area contributed by atoms with E-state index in [1.165, 1.54) is 6.07 Å². The molecule has 0 saturated heterocycles. The van der Waals surface area contributed by atoms with Crippen molar-refractivity contribution < 1.29 is 14.5 Å². The van der Waals surface area contributed by atoms with Crippen LogP contribution >= 0.6 is 0 Å². The van der Waals surface area contributed by atoms with Crippen molar-refractivity contribution in [2.45, 2.75) is 45.3 Å². The molecule has 0 radical (unpaired) electrons. The highest BCUT2D eigenvalue weighted by atomic mass is 16.6. The average Bonchev–Trinajstić information content (AvgIpc) is 2.53. The van der Waals surface area contributed by atoms with Crippen LogP contribution in [0.5, 0.6) is 5.75 Å². The molecule has 3 rings (SSSR count). The van der Waals surface area contributed by atoms with Crippen molar-refractivity contribution in [2.75, 3.05) is 0 Å². The lowest BCUT2D eigenvalue weighted by atomic mass is 9.89. The number of carbonyl (C=O) groups excluding carboxylic acids is 1. The van der Waals surface area contributed by atoms with Gasteiger partial charge in [0, 0.05) is 23.6 Å². The number of nitrogens with zero attached hydrogens (tertiary/aromatic N) is 1. The zero-order chi connectivity index (χ0) is 18.9. The third-order valence-electron chi connectivity index (χ3n) is 4.50. The Kier molecular flexibility index (Phi) is 4.68. The molecule has 1 heterocycles. The molecule has 26 heavy (non-hydrogen) atoms. The maximum absolute atomic E-state index is 12.6. The van der Waals surface area contributed by atoms with Gasteiger partial charge in [-0.1, -0.05) is 30.3 Å². The fraction of sp³-hybridized carbons (Fsp3) is 0.350. The molecule has 0 spiro atoms. The molecule has 1 N–H and O–H groups in total. The predicted molar refractivity (Wildman–Crippen MR) is 98.2 cm³/mol. The van der Waals surface area contributed by atoms with Crippen LogP contribution in [-0.2, 0) is 11.2 Å². The molecule has 136 valence electrons. The van der Waals surface area contributed by atoms with Crippen molar-refractivity contribution in [2.24, 2.45) is 0 Å². The second-order valence-electron chi connectivity index (χ2n) is 7.29. The first-order chi connectivity index (χ1) is 12.2. The van der Waals surface area contributed by atoms with E-state index in [0.29, 0.717) is 12.0 Å². The molecule has 1 aliphatic heterocycles. The molecule has 1 aliphatic rings. The molecule has 1 amide bonds. The quantitative estimate of drug-likeness (QED) is 0.667. The minimum absolute atomic E-state index is 0.0316. The Balaban J connectivity index is 1.81. The van der Waals surface area contributed by atoms with Crippen molar-refractivity contribution in [3.63, 3.8) is 0 Å². The Morgan fingerprint density at radius 3 is 2.77 bits per heavy atom. The zero-order valence-corrected chi connectivity index (χ0v) is 15.1. The first-order valence-electron chi connectivity index (χ1n) is 8.56. The lowest BCUT2D eigenvalue weighted by Gasteiger charge is -2.38. The Morgan fingerprint density at radius 2 is 2.04 bits per heavy atom. The third-order valence-corrected chi connectivity index (χ3v) is 4.50. The Bertz CT molecular complexity index is 861. The van der Waals surface area contributed by atoms with Crippen LogP contribution < -0.4 is 10.1 Å². The Hall–Kier alpha value is -2.89. The first kappa shape index (κ1) is 17.9. The van der Waals surface area contributed by atoms with Gasteiger partial charge in [0.25, 0.3) is 5.69 Å². The smallest absolute Gasteiger partial charge is 0.273 e. The second kappa shape index (κ2) is 6.78. The van der Waals surface area contributed by atoms with Gasteiger partial charge < -0.3 is 10.1 Å². The van der Waals surface area contributed by atoms with Crippen LogP contribution in [-0.4, -0.2) is 16.4 Å². The SMILES string of the molecule is Cc1ccc2c(c1)OC(C)(C)C[C@H]2NC(=O)Cc1ccccc1[N+](=O)[O-]. The van der Waals surface area contributed by atoms with Crippen LogP contribution in [0.1, 0.15) is 43.0 Å². The third kappa shape index (κ3) is 3.85. The number of amides is 1. The van der Waals surface area contributed by atoms with E-state index >= 15 is 0 Å². The van der Waals surface area contributed by atoms with Crippen LogP contribution in [0, 0.1) is 17.0 Å². The van der Waals surface area contributed by atoms with Crippen LogP contribution in [0.4, 0.5) is 5.69 Å². The van der Waals surface area contributed by atoms with Gasteiger partial charge >= 0.3 is 0 Å². The van der Waals surface area contributed by atoms with E-state index in [9.17, 15) is 14.9 Å². The second-order valence-corrected chi connectivity index (χ2v) is 7.29. The summed E-state index contributed by atoms with van der Waals surface area (Å²) < 4.78 is 6.04. The molecule has 0 aromatic heterocycles. The Morgan fingerprint density at radius 1 is 1.31 bits per heavy atom. The number of ether oxygens (including phenoxy) is 1. The summed E-state index contributed by atoms with van der Waals surface area (Å²) in [5.41, 5.74) is 1.99. The van der Waals surface area contributed by atoms with E-state index in [4.69, 9.17) is 4.74 Å². The number of nitro benzene ring substituents is 1. The average molecular weight is 354 g/mol.